The molecule has 0 fully saturated rings. The molecule has 3 heteroatoms. The minimum atomic E-state index is 0.0303. The number of nitrogens with one attached hydrogen (secondary N) is 1. The summed E-state index contributed by atoms with van der Waals surface area (Å²) in [7, 11) is 0. The summed E-state index contributed by atoms with van der Waals surface area (Å²) in [4.78, 5) is 12.0. The van der Waals surface area contributed by atoms with Gasteiger partial charge in [-0.2, -0.15) is 0 Å². The molecule has 0 saturated heterocycles. The van der Waals surface area contributed by atoms with Crippen LogP contribution >= 0.6 is 0 Å². The summed E-state index contributed by atoms with van der Waals surface area (Å²) < 4.78 is 1.88. The Morgan fingerprint density at radius 2 is 2.00 bits per heavy atom. The highest BCUT2D eigenvalue weighted by molar-refractivity contribution is 5.37. The summed E-state index contributed by atoms with van der Waals surface area (Å²) in [5.41, 5.74) is 4.14. The summed E-state index contributed by atoms with van der Waals surface area (Å²) in [5, 5.41) is 2.92. The van der Waals surface area contributed by atoms with Crippen LogP contribution in [0.1, 0.15) is 30.7 Å². The van der Waals surface area contributed by atoms with Crippen molar-refractivity contribution in [3.05, 3.63) is 51.4 Å². The lowest BCUT2D eigenvalue weighted by Gasteiger charge is -2.07. The number of hydrogen-bond acceptors (Lipinski definition) is 1. The molecule has 2 rings (SSSR count). The predicted molar refractivity (Wildman–Crippen MR) is 74.4 cm³/mol. The first-order valence-corrected chi connectivity index (χ1v) is 6.36. The molecule has 3 nitrogen and oxygen atoms in total. The summed E-state index contributed by atoms with van der Waals surface area (Å²) in [6.07, 6.45) is 0.819. The Morgan fingerprint density at radius 1 is 1.28 bits per heavy atom. The Hall–Kier alpha value is -1.77. The zero-order valence-electron chi connectivity index (χ0n) is 11.4. The van der Waals surface area contributed by atoms with Gasteiger partial charge in [0.15, 0.2) is 0 Å². The molecule has 2 aromatic rings. The van der Waals surface area contributed by atoms with Crippen LogP contribution in [-0.2, 0) is 6.42 Å². The fourth-order valence-corrected chi connectivity index (χ4v) is 2.23. The maximum absolute atomic E-state index is 12.0. The van der Waals surface area contributed by atoms with E-state index >= 15 is 0 Å². The SMILES string of the molecule is Cc1cccc(-n2[nH]c(=O)c(CC(C)C)c2C)c1. The summed E-state index contributed by atoms with van der Waals surface area (Å²) in [6, 6.07) is 8.14. The van der Waals surface area contributed by atoms with Crippen LogP contribution in [0.4, 0.5) is 0 Å². The van der Waals surface area contributed by atoms with Crippen LogP contribution in [0.5, 0.6) is 0 Å². The first-order valence-electron chi connectivity index (χ1n) is 6.36. The molecule has 1 N–H and O–H groups in total. The monoisotopic (exact) mass is 244 g/mol. The largest absolute Gasteiger partial charge is 0.268 e. The Bertz CT molecular complexity index is 605. The zero-order chi connectivity index (χ0) is 13.3. The van der Waals surface area contributed by atoms with Gasteiger partial charge in [0.25, 0.3) is 5.56 Å². The van der Waals surface area contributed by atoms with E-state index in [4.69, 9.17) is 0 Å². The molecule has 0 aliphatic heterocycles. The van der Waals surface area contributed by atoms with Gasteiger partial charge in [-0.1, -0.05) is 26.0 Å². The number of aryl methyl sites for hydroxylation is 1. The highest BCUT2D eigenvalue weighted by atomic mass is 16.1. The highest BCUT2D eigenvalue weighted by Crippen LogP contribution is 2.15. The van der Waals surface area contributed by atoms with Gasteiger partial charge in [0, 0.05) is 11.3 Å². The topological polar surface area (TPSA) is 37.8 Å². The Labute approximate surface area is 107 Å². The number of hydrogen-bond donors (Lipinski definition) is 1. The molecule has 0 aliphatic rings. The van der Waals surface area contributed by atoms with E-state index in [0.29, 0.717) is 5.92 Å². The van der Waals surface area contributed by atoms with Crippen molar-refractivity contribution >= 4 is 0 Å². The van der Waals surface area contributed by atoms with E-state index < -0.39 is 0 Å². The lowest BCUT2D eigenvalue weighted by molar-refractivity contribution is 0.642. The van der Waals surface area contributed by atoms with Crippen molar-refractivity contribution < 1.29 is 0 Å². The minimum absolute atomic E-state index is 0.0303. The number of nitrogens with zero attached hydrogens (tertiary/aromatic N) is 1. The van der Waals surface area contributed by atoms with Crippen molar-refractivity contribution in [2.24, 2.45) is 5.92 Å². The molecule has 18 heavy (non-hydrogen) atoms. The number of H-pyrrole nitrogens is 1. The molecular formula is C15H20N2O. The van der Waals surface area contributed by atoms with Gasteiger partial charge >= 0.3 is 0 Å². The first kappa shape index (κ1) is 12.7. The van der Waals surface area contributed by atoms with Crippen LogP contribution in [0.2, 0.25) is 0 Å². The summed E-state index contributed by atoms with van der Waals surface area (Å²) in [5.74, 6) is 0.484. The predicted octanol–water partition coefficient (Wildman–Crippen LogP) is 2.98. The molecule has 0 bridgehead atoms. The maximum Gasteiger partial charge on any atom is 0.267 e. The molecule has 0 saturated carbocycles. The van der Waals surface area contributed by atoms with Crippen molar-refractivity contribution in [1.29, 1.82) is 0 Å². The third-order valence-electron chi connectivity index (χ3n) is 3.13. The van der Waals surface area contributed by atoms with Crippen LogP contribution in [0.15, 0.2) is 29.1 Å². The van der Waals surface area contributed by atoms with Crippen LogP contribution in [0, 0.1) is 19.8 Å². The molecule has 0 spiro atoms. The van der Waals surface area contributed by atoms with E-state index in [1.165, 1.54) is 5.56 Å². The molecule has 0 atom stereocenters. The fraction of sp³-hybridized carbons (Fsp3) is 0.400. The van der Waals surface area contributed by atoms with Gasteiger partial charge in [-0.15, -0.1) is 0 Å². The zero-order valence-corrected chi connectivity index (χ0v) is 11.4. The summed E-state index contributed by atoms with van der Waals surface area (Å²) in [6.45, 7) is 8.30. The van der Waals surface area contributed by atoms with Gasteiger partial charge < -0.3 is 0 Å². The number of rotatable bonds is 3. The molecule has 96 valence electrons. The molecule has 0 unspecified atom stereocenters. The lowest BCUT2D eigenvalue weighted by Crippen LogP contribution is -2.09. The number of aromatic amines is 1. The smallest absolute Gasteiger partial charge is 0.267 e. The van der Waals surface area contributed by atoms with E-state index in [2.05, 4.69) is 38.0 Å². The van der Waals surface area contributed by atoms with Gasteiger partial charge in [-0.3, -0.25) is 14.6 Å². The second kappa shape index (κ2) is 4.84. The Morgan fingerprint density at radius 3 is 2.61 bits per heavy atom. The van der Waals surface area contributed by atoms with Crippen LogP contribution in [0.3, 0.4) is 0 Å². The van der Waals surface area contributed by atoms with Crippen LogP contribution in [-0.4, -0.2) is 9.78 Å². The minimum Gasteiger partial charge on any atom is -0.268 e. The average molecular weight is 244 g/mol. The lowest BCUT2D eigenvalue weighted by atomic mass is 10.0. The second-order valence-electron chi connectivity index (χ2n) is 5.28. The number of aromatic nitrogens is 2. The quantitative estimate of drug-likeness (QED) is 0.885. The maximum atomic E-state index is 12.0. The normalized spacial score (nSPS) is 11.2. The first-order chi connectivity index (χ1) is 8.49. The average Bonchev–Trinajstić information content (AvgIpc) is 2.56. The Balaban J connectivity index is 2.50. The van der Waals surface area contributed by atoms with E-state index in [1.54, 1.807) is 0 Å². The number of benzene rings is 1. The van der Waals surface area contributed by atoms with Crippen molar-refractivity contribution in [1.82, 2.24) is 9.78 Å². The third-order valence-corrected chi connectivity index (χ3v) is 3.13. The van der Waals surface area contributed by atoms with Crippen molar-refractivity contribution in [3.63, 3.8) is 0 Å². The van der Waals surface area contributed by atoms with E-state index in [0.717, 1.165) is 23.4 Å². The molecule has 1 heterocycles. The molecule has 1 aromatic carbocycles. The van der Waals surface area contributed by atoms with E-state index in [1.807, 2.05) is 23.7 Å². The highest BCUT2D eigenvalue weighted by Gasteiger charge is 2.13. The van der Waals surface area contributed by atoms with Gasteiger partial charge in [0.1, 0.15) is 0 Å². The molecule has 0 amide bonds. The molecule has 1 aromatic heterocycles. The fourth-order valence-electron chi connectivity index (χ4n) is 2.23. The van der Waals surface area contributed by atoms with Gasteiger partial charge in [0.05, 0.1) is 5.69 Å². The van der Waals surface area contributed by atoms with Gasteiger partial charge in [0.2, 0.25) is 0 Å². The van der Waals surface area contributed by atoms with Crippen molar-refractivity contribution in [2.45, 2.75) is 34.1 Å². The summed E-state index contributed by atoms with van der Waals surface area (Å²) >= 11 is 0. The van der Waals surface area contributed by atoms with Crippen molar-refractivity contribution in [2.75, 3.05) is 0 Å². The third kappa shape index (κ3) is 2.40. The van der Waals surface area contributed by atoms with Crippen LogP contribution in [0.25, 0.3) is 5.69 Å². The Kier molecular flexibility index (Phi) is 3.41. The van der Waals surface area contributed by atoms with Gasteiger partial charge in [-0.25, -0.2) is 0 Å². The second-order valence-corrected chi connectivity index (χ2v) is 5.28. The standard InChI is InChI=1S/C15H20N2O/c1-10(2)8-14-12(4)17(16-15(14)18)13-7-5-6-11(3)9-13/h5-7,9-10H,8H2,1-4H3,(H,16,18). The van der Waals surface area contributed by atoms with Crippen LogP contribution < -0.4 is 5.56 Å². The van der Waals surface area contributed by atoms with Gasteiger partial charge in [-0.05, 0) is 43.9 Å². The van der Waals surface area contributed by atoms with E-state index in [9.17, 15) is 4.79 Å². The van der Waals surface area contributed by atoms with Crippen molar-refractivity contribution in [3.8, 4) is 5.69 Å². The molecule has 0 aliphatic carbocycles. The molecule has 0 radical (unpaired) electrons. The molecular weight excluding hydrogens is 224 g/mol. The van der Waals surface area contributed by atoms with E-state index in [-0.39, 0.29) is 5.56 Å².